The van der Waals surface area contributed by atoms with Crippen LogP contribution in [0.5, 0.6) is 0 Å². The second-order valence-electron chi connectivity index (χ2n) is 8.71. The Morgan fingerprint density at radius 1 is 0.946 bits per heavy atom. The van der Waals surface area contributed by atoms with Crippen molar-refractivity contribution in [2.24, 2.45) is 5.92 Å². The fraction of sp³-hybridized carbons (Fsp3) is 0.233. The molecule has 4 nitrogen and oxygen atoms in total. The van der Waals surface area contributed by atoms with Crippen LogP contribution in [0.3, 0.4) is 0 Å². The number of nitrogens with zero attached hydrogens (tertiary/aromatic N) is 2. The van der Waals surface area contributed by atoms with E-state index in [1.165, 1.54) is 0 Å². The lowest BCUT2D eigenvalue weighted by molar-refractivity contribution is -0.0883. The molecule has 1 aromatic heterocycles. The number of rotatable bonds is 7. The zero-order valence-corrected chi connectivity index (χ0v) is 22.7. The van der Waals surface area contributed by atoms with Crippen LogP contribution in [0, 0.1) is 5.92 Å². The normalized spacial score (nSPS) is 14.0. The van der Waals surface area contributed by atoms with Gasteiger partial charge in [0.15, 0.2) is 6.29 Å². The number of hydrogen-bond acceptors (Lipinski definition) is 3. The summed E-state index contributed by atoms with van der Waals surface area (Å²) >= 11 is 12.4. The maximum Gasteiger partial charge on any atom is 0.162 e. The van der Waals surface area contributed by atoms with Crippen LogP contribution in [0.1, 0.15) is 24.5 Å². The van der Waals surface area contributed by atoms with Gasteiger partial charge < -0.3 is 14.0 Å². The minimum absolute atomic E-state index is 0.0778. The van der Waals surface area contributed by atoms with Gasteiger partial charge in [0.2, 0.25) is 0 Å². The number of ether oxygens (including phenoxy) is 2. The molecule has 1 unspecified atom stereocenters. The molecule has 1 aliphatic rings. The Kier molecular flexibility index (Phi) is 10.0. The zero-order chi connectivity index (χ0) is 26.0. The summed E-state index contributed by atoms with van der Waals surface area (Å²) in [4.78, 5) is 4.48. The van der Waals surface area contributed by atoms with E-state index in [1.807, 2.05) is 92.9 Å². The molecule has 5 rings (SSSR count). The van der Waals surface area contributed by atoms with Gasteiger partial charge in [-0.3, -0.25) is 0 Å². The quantitative estimate of drug-likeness (QED) is 0.241. The smallest absolute Gasteiger partial charge is 0.162 e. The van der Waals surface area contributed by atoms with Gasteiger partial charge in [-0.05, 0) is 35.3 Å². The highest BCUT2D eigenvalue weighted by atomic mass is 35.5. The van der Waals surface area contributed by atoms with E-state index in [0.29, 0.717) is 19.1 Å². The van der Waals surface area contributed by atoms with E-state index in [1.54, 1.807) is 0 Å². The number of imidazole rings is 1. The van der Waals surface area contributed by atoms with E-state index in [2.05, 4.69) is 28.6 Å². The van der Waals surface area contributed by atoms with Gasteiger partial charge in [0, 0.05) is 40.5 Å². The first-order valence-electron chi connectivity index (χ1n) is 12.6. The summed E-state index contributed by atoms with van der Waals surface area (Å²) < 4.78 is 13.5. The Hall–Kier alpha value is -2.83. The molecule has 3 aromatic carbocycles. The third-order valence-electron chi connectivity index (χ3n) is 6.35. The first-order chi connectivity index (χ1) is 18.1. The van der Waals surface area contributed by atoms with Gasteiger partial charge in [0.05, 0.1) is 13.2 Å². The van der Waals surface area contributed by atoms with Crippen LogP contribution in [0.4, 0.5) is 0 Å². The predicted molar refractivity (Wildman–Crippen MR) is 156 cm³/mol. The summed E-state index contributed by atoms with van der Waals surface area (Å²) in [6.45, 7) is 4.45. The molecule has 0 bridgehead atoms. The average Bonchev–Trinajstić information content (AvgIpc) is 3.63. The molecular formula is C30H31BCl2N2O2. The Labute approximate surface area is 230 Å². The number of aromatic nitrogens is 2. The van der Waals surface area contributed by atoms with Gasteiger partial charge in [0.1, 0.15) is 13.7 Å². The number of hydrogen-bond donors (Lipinski definition) is 0. The predicted octanol–water partition coefficient (Wildman–Crippen LogP) is 6.96. The summed E-state index contributed by atoms with van der Waals surface area (Å²) in [6, 6.07) is 25.8. The Morgan fingerprint density at radius 2 is 1.51 bits per heavy atom. The molecule has 1 atom stereocenters. The van der Waals surface area contributed by atoms with Crippen LogP contribution in [0.25, 0.3) is 17.0 Å². The van der Waals surface area contributed by atoms with Crippen molar-refractivity contribution in [3.05, 3.63) is 118 Å². The molecule has 1 saturated heterocycles. The van der Waals surface area contributed by atoms with E-state index >= 15 is 0 Å². The largest absolute Gasteiger partial charge is 0.350 e. The van der Waals surface area contributed by atoms with Gasteiger partial charge in [-0.15, -0.1) is 5.98 Å². The highest BCUT2D eigenvalue weighted by Gasteiger charge is 2.26. The van der Waals surface area contributed by atoms with Crippen molar-refractivity contribution in [3.63, 3.8) is 0 Å². The van der Waals surface area contributed by atoms with Gasteiger partial charge in [-0.1, -0.05) is 96.9 Å². The molecule has 0 N–H and O–H groups in total. The molecule has 1 fully saturated rings. The Morgan fingerprint density at radius 3 is 2.05 bits per heavy atom. The van der Waals surface area contributed by atoms with E-state index in [4.69, 9.17) is 32.7 Å². The fourth-order valence-corrected chi connectivity index (χ4v) is 4.90. The van der Waals surface area contributed by atoms with E-state index in [-0.39, 0.29) is 6.29 Å². The highest BCUT2D eigenvalue weighted by molar-refractivity contribution is 6.35. The molecule has 0 aliphatic carbocycles. The molecule has 0 saturated carbocycles. The molecule has 0 amide bonds. The molecule has 2 heterocycles. The monoisotopic (exact) mass is 532 g/mol. The Bertz CT molecular complexity index is 1260. The SMILES string of the molecule is BC=C(c1ccccc1Cl)c1ccccc1Cl.CCC(Cn1ccnc1-c1ccccc1)C1OCCO1. The number of halogens is 2. The van der Waals surface area contributed by atoms with Crippen molar-refractivity contribution in [2.75, 3.05) is 13.2 Å². The average molecular weight is 533 g/mol. The zero-order valence-electron chi connectivity index (χ0n) is 21.2. The van der Waals surface area contributed by atoms with Crippen molar-refractivity contribution in [1.82, 2.24) is 9.55 Å². The van der Waals surface area contributed by atoms with Gasteiger partial charge in [-0.25, -0.2) is 4.98 Å². The van der Waals surface area contributed by atoms with Crippen LogP contribution in [0.2, 0.25) is 10.0 Å². The van der Waals surface area contributed by atoms with Crippen molar-refractivity contribution >= 4 is 36.6 Å². The summed E-state index contributed by atoms with van der Waals surface area (Å²) in [7, 11) is 1.99. The first kappa shape index (κ1) is 27.2. The van der Waals surface area contributed by atoms with Crippen molar-refractivity contribution < 1.29 is 9.47 Å². The lowest BCUT2D eigenvalue weighted by Gasteiger charge is -2.22. The topological polar surface area (TPSA) is 36.3 Å². The summed E-state index contributed by atoms with van der Waals surface area (Å²) in [5, 5.41) is 1.47. The van der Waals surface area contributed by atoms with Crippen LogP contribution < -0.4 is 0 Å². The molecular weight excluding hydrogens is 502 g/mol. The standard InChI is InChI=1S/C16H20N2O2.C14H11BCl2/c1-2-13(16-19-10-11-20-16)12-18-9-8-17-15(18)14-6-4-3-5-7-14;15-9-12(10-5-1-3-7-13(10)16)11-6-2-4-8-14(11)17/h3-9,13,16H,2,10-12H2,1H3;1-9H,15H2. The third kappa shape index (κ3) is 6.94. The third-order valence-corrected chi connectivity index (χ3v) is 7.01. The lowest BCUT2D eigenvalue weighted by atomic mass is 9.92. The van der Waals surface area contributed by atoms with Crippen LogP contribution in [0.15, 0.2) is 97.2 Å². The van der Waals surface area contributed by atoms with E-state index in [9.17, 15) is 0 Å². The maximum absolute atomic E-state index is 6.22. The van der Waals surface area contributed by atoms with Crippen LogP contribution in [-0.4, -0.2) is 36.9 Å². The molecule has 1 aliphatic heterocycles. The van der Waals surface area contributed by atoms with Crippen molar-refractivity contribution in [1.29, 1.82) is 0 Å². The maximum atomic E-state index is 6.22. The van der Waals surface area contributed by atoms with E-state index < -0.39 is 0 Å². The fourth-order valence-electron chi connectivity index (χ4n) is 4.43. The van der Waals surface area contributed by atoms with Crippen LogP contribution in [-0.2, 0) is 16.0 Å². The van der Waals surface area contributed by atoms with Gasteiger partial charge in [0.25, 0.3) is 0 Å². The van der Waals surface area contributed by atoms with Crippen LogP contribution >= 0.6 is 23.2 Å². The molecule has 0 radical (unpaired) electrons. The van der Waals surface area contributed by atoms with Crippen molar-refractivity contribution in [2.45, 2.75) is 26.2 Å². The van der Waals surface area contributed by atoms with Gasteiger partial charge in [-0.2, -0.15) is 0 Å². The second-order valence-corrected chi connectivity index (χ2v) is 9.52. The minimum atomic E-state index is -0.0778. The Balaban J connectivity index is 0.000000176. The van der Waals surface area contributed by atoms with Crippen molar-refractivity contribution in [3.8, 4) is 11.4 Å². The molecule has 190 valence electrons. The highest BCUT2D eigenvalue weighted by Crippen LogP contribution is 2.32. The minimum Gasteiger partial charge on any atom is -0.350 e. The summed E-state index contributed by atoms with van der Waals surface area (Å²) in [5.41, 5.74) is 4.20. The summed E-state index contributed by atoms with van der Waals surface area (Å²) in [5.74, 6) is 3.39. The number of benzene rings is 3. The first-order valence-corrected chi connectivity index (χ1v) is 13.3. The molecule has 0 spiro atoms. The summed E-state index contributed by atoms with van der Waals surface area (Å²) in [6.07, 6.45) is 4.83. The second kappa shape index (κ2) is 13.6. The molecule has 37 heavy (non-hydrogen) atoms. The molecule has 7 heteroatoms. The van der Waals surface area contributed by atoms with Gasteiger partial charge >= 0.3 is 0 Å². The lowest BCUT2D eigenvalue weighted by Crippen LogP contribution is -2.25. The molecule has 4 aromatic rings. The van der Waals surface area contributed by atoms with E-state index in [0.717, 1.165) is 51.1 Å².